The molecule has 4 amide bonds. The minimum absolute atomic E-state index is 0.0334. The molecule has 1 aliphatic carbocycles. The Morgan fingerprint density at radius 3 is 2.37 bits per heavy atom. The van der Waals surface area contributed by atoms with Crippen LogP contribution in [0.25, 0.3) is 22.3 Å². The van der Waals surface area contributed by atoms with Crippen molar-refractivity contribution in [3.8, 4) is 22.9 Å². The maximum atomic E-state index is 14.6. The van der Waals surface area contributed by atoms with E-state index in [0.29, 0.717) is 45.3 Å². The van der Waals surface area contributed by atoms with E-state index in [-0.39, 0.29) is 24.8 Å². The monoisotopic (exact) mass is 764 g/mol. The number of carbonyl (C=O) groups excluding carboxylic acids is 5. The number of aromatic nitrogens is 2. The predicted molar refractivity (Wildman–Crippen MR) is 202 cm³/mol. The second-order valence-corrected chi connectivity index (χ2v) is 16.4. The minimum Gasteiger partial charge on any atom is -0.497 e. The van der Waals surface area contributed by atoms with Gasteiger partial charge in [0.05, 0.1) is 32.0 Å². The van der Waals surface area contributed by atoms with Gasteiger partial charge >= 0.3 is 12.1 Å². The molecule has 2 aliphatic rings. The number of anilines is 1. The zero-order valence-electron chi connectivity index (χ0n) is 32.0. The molecule has 1 saturated heterocycles. The second kappa shape index (κ2) is 15.2. The molecule has 3 N–H and O–H groups in total. The Labute approximate surface area is 318 Å². The summed E-state index contributed by atoms with van der Waals surface area (Å²) >= 11 is 1.24. The number of benzene rings is 1. The van der Waals surface area contributed by atoms with Crippen LogP contribution in [0.3, 0.4) is 0 Å². The number of fused-ring (bicyclic) bond motifs is 1. The van der Waals surface area contributed by atoms with E-state index in [1.807, 2.05) is 0 Å². The summed E-state index contributed by atoms with van der Waals surface area (Å²) in [7, 11) is 2.79. The Morgan fingerprint density at radius 2 is 1.78 bits per heavy atom. The lowest BCUT2D eigenvalue weighted by Gasteiger charge is -2.36. The number of ether oxygens (including phenoxy) is 4. The van der Waals surface area contributed by atoms with Crippen LogP contribution in [0, 0.1) is 11.3 Å². The smallest absolute Gasteiger partial charge is 0.408 e. The van der Waals surface area contributed by atoms with Gasteiger partial charge in [0.1, 0.15) is 46.5 Å². The molecule has 2 aromatic heterocycles. The first-order valence-electron chi connectivity index (χ1n) is 17.5. The van der Waals surface area contributed by atoms with Crippen LogP contribution < -0.4 is 25.4 Å². The third kappa shape index (κ3) is 8.75. The van der Waals surface area contributed by atoms with Gasteiger partial charge in [0, 0.05) is 42.2 Å². The molecule has 5 rings (SSSR count). The van der Waals surface area contributed by atoms with E-state index in [1.165, 1.54) is 30.3 Å². The van der Waals surface area contributed by atoms with E-state index in [4.69, 9.17) is 23.9 Å². The summed E-state index contributed by atoms with van der Waals surface area (Å²) in [6, 6.07) is 4.85. The van der Waals surface area contributed by atoms with Gasteiger partial charge in [-0.25, -0.2) is 19.6 Å². The fourth-order valence-corrected chi connectivity index (χ4v) is 7.16. The molecule has 5 atom stereocenters. The van der Waals surface area contributed by atoms with Crippen LogP contribution in [0.15, 0.2) is 42.3 Å². The number of esters is 1. The summed E-state index contributed by atoms with van der Waals surface area (Å²) in [6.07, 6.45) is 0.436. The first kappa shape index (κ1) is 39.9. The number of amides is 4. The molecule has 16 heteroatoms. The number of carbonyl (C=O) groups is 5. The maximum absolute atomic E-state index is 14.6. The highest BCUT2D eigenvalue weighted by Crippen LogP contribution is 2.46. The van der Waals surface area contributed by atoms with Crippen molar-refractivity contribution in [2.75, 3.05) is 26.1 Å². The minimum atomic E-state index is -1.31. The van der Waals surface area contributed by atoms with E-state index >= 15 is 0 Å². The molecular weight excluding hydrogens is 717 g/mol. The molecule has 1 unspecified atom stereocenters. The molecule has 54 heavy (non-hydrogen) atoms. The average Bonchev–Trinajstić information content (AvgIpc) is 3.36. The highest BCUT2D eigenvalue weighted by atomic mass is 32.1. The summed E-state index contributed by atoms with van der Waals surface area (Å²) in [5.74, 6) is -1.36. The first-order valence-corrected chi connectivity index (χ1v) is 18.4. The van der Waals surface area contributed by atoms with Gasteiger partial charge in [0.25, 0.3) is 0 Å². The van der Waals surface area contributed by atoms with Gasteiger partial charge < -0.3 is 39.8 Å². The Morgan fingerprint density at radius 1 is 1.06 bits per heavy atom. The fourth-order valence-electron chi connectivity index (χ4n) is 6.41. The number of alkyl carbamates (subject to hydrolysis) is 1. The van der Waals surface area contributed by atoms with Gasteiger partial charge in [-0.15, -0.1) is 17.9 Å². The molecule has 3 aromatic rings. The number of thiazole rings is 1. The normalized spacial score (nSPS) is 21.4. The van der Waals surface area contributed by atoms with Crippen LogP contribution in [0.4, 0.5) is 9.93 Å². The molecule has 1 saturated carbocycles. The first-order chi connectivity index (χ1) is 25.3. The van der Waals surface area contributed by atoms with E-state index in [0.717, 1.165) is 0 Å². The van der Waals surface area contributed by atoms with Crippen LogP contribution >= 0.6 is 11.3 Å². The van der Waals surface area contributed by atoms with Crippen molar-refractivity contribution in [2.24, 2.45) is 11.3 Å². The summed E-state index contributed by atoms with van der Waals surface area (Å²) in [5.41, 5.74) is -1.44. The SMILES string of the molecule is C=C[C@H]1C[C@]1(NC(=O)C1C[C@@H](Oc2cc(-c3csc(NC(C)=O)n3)nc3cc(OC)ccc23)CN1C(=O)[C@@H](NC(=O)OC(C)(C)C)C(C)(C)C)C(=O)OC. The second-order valence-electron chi connectivity index (χ2n) is 15.5. The number of nitrogens with one attached hydrogen (secondary N) is 3. The number of rotatable bonds is 11. The molecular formula is C38H48N6O9S. The number of nitrogens with zero attached hydrogens (tertiary/aromatic N) is 3. The Kier molecular flexibility index (Phi) is 11.3. The Hall–Kier alpha value is -5.25. The molecule has 0 spiro atoms. The molecule has 2 fully saturated rings. The van der Waals surface area contributed by atoms with Gasteiger partial charge in [-0.05, 0) is 44.7 Å². The lowest BCUT2D eigenvalue weighted by Crippen LogP contribution is -2.59. The predicted octanol–water partition coefficient (Wildman–Crippen LogP) is 4.85. The third-order valence-corrected chi connectivity index (χ3v) is 9.90. The van der Waals surface area contributed by atoms with Crippen LogP contribution in [-0.4, -0.2) is 94.7 Å². The third-order valence-electron chi connectivity index (χ3n) is 9.14. The summed E-state index contributed by atoms with van der Waals surface area (Å²) in [6.45, 7) is 15.7. The zero-order valence-corrected chi connectivity index (χ0v) is 32.8. The van der Waals surface area contributed by atoms with Crippen LogP contribution in [0.2, 0.25) is 0 Å². The Balaban J connectivity index is 1.52. The van der Waals surface area contributed by atoms with Gasteiger partial charge in [0.2, 0.25) is 17.7 Å². The molecule has 3 heterocycles. The van der Waals surface area contributed by atoms with Gasteiger partial charge in [-0.2, -0.15) is 0 Å². The number of likely N-dealkylation sites (tertiary alicyclic amines) is 1. The van der Waals surface area contributed by atoms with Crippen molar-refractivity contribution >= 4 is 57.2 Å². The zero-order chi connectivity index (χ0) is 39.7. The number of pyridine rings is 1. The van der Waals surface area contributed by atoms with Crippen LogP contribution in [0.1, 0.15) is 61.3 Å². The van der Waals surface area contributed by atoms with Gasteiger partial charge in [-0.3, -0.25) is 14.4 Å². The highest BCUT2D eigenvalue weighted by Gasteiger charge is 2.62. The van der Waals surface area contributed by atoms with Crippen molar-refractivity contribution in [3.05, 3.63) is 42.3 Å². The Bertz CT molecular complexity index is 1970. The van der Waals surface area contributed by atoms with Crippen molar-refractivity contribution < 1.29 is 42.9 Å². The number of hydrogen-bond acceptors (Lipinski definition) is 12. The maximum Gasteiger partial charge on any atom is 0.408 e. The van der Waals surface area contributed by atoms with E-state index in [1.54, 1.807) is 84.4 Å². The molecule has 0 radical (unpaired) electrons. The quantitative estimate of drug-likeness (QED) is 0.179. The van der Waals surface area contributed by atoms with E-state index in [9.17, 15) is 24.0 Å². The fraction of sp³-hybridized carbons (Fsp3) is 0.500. The average molecular weight is 765 g/mol. The lowest BCUT2D eigenvalue weighted by atomic mass is 9.85. The molecule has 15 nitrogen and oxygen atoms in total. The van der Waals surface area contributed by atoms with Crippen molar-refractivity contribution in [1.29, 1.82) is 0 Å². The molecule has 0 bridgehead atoms. The number of methoxy groups -OCH3 is 2. The topological polar surface area (TPSA) is 187 Å². The van der Waals surface area contributed by atoms with Crippen molar-refractivity contribution in [1.82, 2.24) is 25.5 Å². The van der Waals surface area contributed by atoms with Gasteiger partial charge in [-0.1, -0.05) is 26.8 Å². The van der Waals surface area contributed by atoms with Crippen molar-refractivity contribution in [3.63, 3.8) is 0 Å². The van der Waals surface area contributed by atoms with Crippen LogP contribution in [-0.2, 0) is 28.7 Å². The molecule has 290 valence electrons. The molecule has 1 aromatic carbocycles. The highest BCUT2D eigenvalue weighted by molar-refractivity contribution is 7.14. The summed E-state index contributed by atoms with van der Waals surface area (Å²) in [4.78, 5) is 77.0. The van der Waals surface area contributed by atoms with Crippen molar-refractivity contribution in [2.45, 2.75) is 90.6 Å². The van der Waals surface area contributed by atoms with Gasteiger partial charge in [0.15, 0.2) is 5.13 Å². The van der Waals surface area contributed by atoms with Crippen LogP contribution in [0.5, 0.6) is 11.5 Å². The summed E-state index contributed by atoms with van der Waals surface area (Å²) < 4.78 is 22.6. The lowest BCUT2D eigenvalue weighted by molar-refractivity contribution is -0.148. The standard InChI is InChI=1S/C38H48N6O9S/c1-11-21-17-38(21,33(48)51-10)43-31(46)28-15-23(18-44(28)32(47)30(36(3,4)5)42-35(49)53-37(6,7)8)52-29-16-26(27-19-54-34(41-27)39-20(2)45)40-25-14-22(50-9)12-13-24(25)29/h11-14,16,19,21,23,28,30H,1,15,17-18H2,2-10H3,(H,42,49)(H,43,46)(H,39,41,45)/t21-,23+,28?,30+,38+/m0/s1. The van der Waals surface area contributed by atoms with E-state index < -0.39 is 58.6 Å². The summed E-state index contributed by atoms with van der Waals surface area (Å²) in [5, 5.41) is 11.1. The molecule has 1 aliphatic heterocycles. The largest absolute Gasteiger partial charge is 0.497 e. The number of hydrogen-bond donors (Lipinski definition) is 3. The van der Waals surface area contributed by atoms with E-state index in [2.05, 4.69) is 27.5 Å².